The maximum Gasteiger partial charge on any atom is 0.238 e. The molecule has 2 N–H and O–H groups in total. The van der Waals surface area contributed by atoms with Crippen molar-refractivity contribution in [2.24, 2.45) is 5.14 Å². The van der Waals surface area contributed by atoms with Gasteiger partial charge in [0.2, 0.25) is 15.8 Å². The predicted octanol–water partition coefficient (Wildman–Crippen LogP) is 0.570. The second-order valence-electron chi connectivity index (χ2n) is 4.68. The number of aromatic nitrogens is 5. The fraction of sp³-hybridized carbons (Fsp3) is 0.0769. The van der Waals surface area contributed by atoms with E-state index in [1.165, 1.54) is 41.2 Å². The molecule has 0 saturated heterocycles. The van der Waals surface area contributed by atoms with E-state index in [-0.39, 0.29) is 11.4 Å². The lowest BCUT2D eigenvalue weighted by Crippen LogP contribution is -2.11. The predicted molar refractivity (Wildman–Crippen MR) is 77.9 cm³/mol. The first-order chi connectivity index (χ1) is 10.9. The van der Waals surface area contributed by atoms with Gasteiger partial charge in [-0.05, 0) is 41.6 Å². The van der Waals surface area contributed by atoms with Crippen LogP contribution in [0.25, 0.3) is 11.4 Å². The van der Waals surface area contributed by atoms with Crippen molar-refractivity contribution in [1.82, 2.24) is 25.2 Å². The van der Waals surface area contributed by atoms with Crippen molar-refractivity contribution in [2.75, 3.05) is 0 Å². The van der Waals surface area contributed by atoms with Gasteiger partial charge >= 0.3 is 0 Å². The fourth-order valence-electron chi connectivity index (χ4n) is 1.86. The topological polar surface area (TPSA) is 117 Å². The van der Waals surface area contributed by atoms with Gasteiger partial charge in [0.25, 0.3) is 0 Å². The molecule has 118 valence electrons. The molecule has 0 amide bonds. The Bertz CT molecular complexity index is 922. The number of hydrogen-bond donors (Lipinski definition) is 1. The molecule has 1 aromatic carbocycles. The van der Waals surface area contributed by atoms with Gasteiger partial charge in [0.1, 0.15) is 12.4 Å². The highest BCUT2D eigenvalue weighted by atomic mass is 32.2. The average molecular weight is 334 g/mol. The largest absolute Gasteiger partial charge is 0.256 e. The van der Waals surface area contributed by atoms with Gasteiger partial charge in [-0.15, -0.1) is 10.2 Å². The van der Waals surface area contributed by atoms with E-state index >= 15 is 0 Å². The molecule has 23 heavy (non-hydrogen) atoms. The number of hydrogen-bond acceptors (Lipinski definition) is 6. The van der Waals surface area contributed by atoms with E-state index in [2.05, 4.69) is 20.4 Å². The Morgan fingerprint density at radius 2 is 1.87 bits per heavy atom. The van der Waals surface area contributed by atoms with Crippen molar-refractivity contribution in [3.63, 3.8) is 0 Å². The zero-order valence-electron chi connectivity index (χ0n) is 11.7. The summed E-state index contributed by atoms with van der Waals surface area (Å²) in [5, 5.41) is 17.0. The normalized spacial score (nSPS) is 11.6. The smallest absolute Gasteiger partial charge is 0.238 e. The number of pyridine rings is 1. The van der Waals surface area contributed by atoms with Crippen LogP contribution in [0.2, 0.25) is 0 Å². The number of rotatable bonds is 4. The van der Waals surface area contributed by atoms with Gasteiger partial charge in [-0.1, -0.05) is 0 Å². The van der Waals surface area contributed by atoms with Crippen LogP contribution in [0.15, 0.2) is 47.5 Å². The first-order valence-electron chi connectivity index (χ1n) is 6.43. The number of primary sulfonamides is 1. The van der Waals surface area contributed by atoms with Crippen LogP contribution in [0.4, 0.5) is 4.39 Å². The summed E-state index contributed by atoms with van der Waals surface area (Å²) in [6.07, 6.45) is 1.11. The van der Waals surface area contributed by atoms with Gasteiger partial charge in [0, 0.05) is 5.56 Å². The van der Waals surface area contributed by atoms with Gasteiger partial charge in [-0.25, -0.2) is 17.9 Å². The van der Waals surface area contributed by atoms with E-state index < -0.39 is 15.8 Å². The molecule has 3 rings (SSSR count). The highest BCUT2D eigenvalue weighted by molar-refractivity contribution is 7.89. The van der Waals surface area contributed by atoms with Crippen LogP contribution in [-0.2, 0) is 16.6 Å². The summed E-state index contributed by atoms with van der Waals surface area (Å²) in [5.74, 6) is -0.0935. The lowest BCUT2D eigenvalue weighted by atomic mass is 10.2. The molecule has 2 heterocycles. The first-order valence-corrected chi connectivity index (χ1v) is 7.98. The number of tetrazole rings is 1. The van der Waals surface area contributed by atoms with Crippen LogP contribution in [0, 0.1) is 5.82 Å². The molecule has 0 aliphatic heterocycles. The van der Waals surface area contributed by atoms with Crippen molar-refractivity contribution in [3.8, 4) is 11.4 Å². The summed E-state index contributed by atoms with van der Waals surface area (Å²) in [6, 6.07) is 8.64. The van der Waals surface area contributed by atoms with E-state index in [0.29, 0.717) is 17.1 Å². The SMILES string of the molecule is NS(=O)(=O)c1ccc(-c2nnn(Cc3ccc(F)cn3)n2)cc1. The summed E-state index contributed by atoms with van der Waals surface area (Å²) in [4.78, 5) is 5.22. The van der Waals surface area contributed by atoms with Gasteiger partial charge in [0.05, 0.1) is 16.8 Å². The average Bonchev–Trinajstić information content (AvgIpc) is 2.97. The minimum Gasteiger partial charge on any atom is -0.256 e. The minimum atomic E-state index is -3.74. The van der Waals surface area contributed by atoms with Crippen LogP contribution < -0.4 is 5.14 Å². The molecule has 0 unspecified atom stereocenters. The highest BCUT2D eigenvalue weighted by Crippen LogP contribution is 2.16. The monoisotopic (exact) mass is 334 g/mol. The molecule has 0 spiro atoms. The maximum absolute atomic E-state index is 12.8. The summed E-state index contributed by atoms with van der Waals surface area (Å²) >= 11 is 0. The van der Waals surface area contributed by atoms with Gasteiger partial charge in [0.15, 0.2) is 0 Å². The maximum atomic E-state index is 12.8. The quantitative estimate of drug-likeness (QED) is 0.745. The first kappa shape index (κ1) is 15.2. The van der Waals surface area contributed by atoms with Crippen molar-refractivity contribution >= 4 is 10.0 Å². The lowest BCUT2D eigenvalue weighted by molar-refractivity contribution is 0.559. The molecular formula is C13H11FN6O2S. The molecular weight excluding hydrogens is 323 g/mol. The Kier molecular flexibility index (Phi) is 3.84. The second kappa shape index (κ2) is 5.82. The lowest BCUT2D eigenvalue weighted by Gasteiger charge is -1.99. The van der Waals surface area contributed by atoms with Gasteiger partial charge in [-0.2, -0.15) is 4.80 Å². The Morgan fingerprint density at radius 3 is 2.48 bits per heavy atom. The summed E-state index contributed by atoms with van der Waals surface area (Å²) < 4.78 is 35.2. The van der Waals surface area contributed by atoms with Crippen LogP contribution in [0.1, 0.15) is 5.69 Å². The van der Waals surface area contributed by atoms with E-state index in [9.17, 15) is 12.8 Å². The minimum absolute atomic E-state index is 0.00385. The van der Waals surface area contributed by atoms with Crippen molar-refractivity contribution in [1.29, 1.82) is 0 Å². The van der Waals surface area contributed by atoms with E-state index in [1.807, 2.05) is 0 Å². The van der Waals surface area contributed by atoms with Crippen LogP contribution in [0.5, 0.6) is 0 Å². The van der Waals surface area contributed by atoms with Crippen LogP contribution in [-0.4, -0.2) is 33.6 Å². The number of halogens is 1. The zero-order valence-corrected chi connectivity index (χ0v) is 12.5. The van der Waals surface area contributed by atoms with E-state index in [4.69, 9.17) is 5.14 Å². The molecule has 0 fully saturated rings. The molecule has 10 heteroatoms. The molecule has 0 saturated carbocycles. The van der Waals surface area contributed by atoms with Crippen LogP contribution >= 0.6 is 0 Å². The number of nitrogens with two attached hydrogens (primary N) is 1. The van der Waals surface area contributed by atoms with Crippen molar-refractivity contribution < 1.29 is 12.8 Å². The Hall–Kier alpha value is -2.72. The number of sulfonamides is 1. The standard InChI is InChI=1S/C13H11FN6O2S/c14-10-3-4-11(16-7-10)8-20-18-13(17-19-20)9-1-5-12(6-2-9)23(15,21)22/h1-7H,8H2,(H2,15,21,22). The van der Waals surface area contributed by atoms with Crippen LogP contribution in [0.3, 0.4) is 0 Å². The molecule has 3 aromatic rings. The number of nitrogens with zero attached hydrogens (tertiary/aromatic N) is 5. The molecule has 0 aliphatic rings. The Labute approximate surface area is 130 Å². The molecule has 2 aromatic heterocycles. The summed E-state index contributed by atoms with van der Waals surface area (Å²) in [5.41, 5.74) is 1.18. The number of benzene rings is 1. The second-order valence-corrected chi connectivity index (χ2v) is 6.24. The van der Waals surface area contributed by atoms with E-state index in [1.54, 1.807) is 0 Å². The third kappa shape index (κ3) is 3.55. The molecule has 0 aliphatic carbocycles. The molecule has 0 radical (unpaired) electrons. The third-order valence-corrected chi connectivity index (χ3v) is 3.92. The van der Waals surface area contributed by atoms with E-state index in [0.717, 1.165) is 6.20 Å². The Balaban J connectivity index is 1.80. The molecule has 0 bridgehead atoms. The molecule has 0 atom stereocenters. The summed E-state index contributed by atoms with van der Waals surface area (Å²) in [6.45, 7) is 0.239. The zero-order chi connectivity index (χ0) is 16.4. The van der Waals surface area contributed by atoms with Crippen molar-refractivity contribution in [2.45, 2.75) is 11.4 Å². The third-order valence-electron chi connectivity index (χ3n) is 2.99. The fourth-order valence-corrected chi connectivity index (χ4v) is 2.38. The highest BCUT2D eigenvalue weighted by Gasteiger charge is 2.10. The van der Waals surface area contributed by atoms with Gasteiger partial charge in [-0.3, -0.25) is 4.98 Å². The van der Waals surface area contributed by atoms with Crippen molar-refractivity contribution in [3.05, 3.63) is 54.1 Å². The molecule has 8 nitrogen and oxygen atoms in total. The Morgan fingerprint density at radius 1 is 1.13 bits per heavy atom. The summed E-state index contributed by atoms with van der Waals surface area (Å²) in [7, 11) is -3.74. The van der Waals surface area contributed by atoms with Gasteiger partial charge < -0.3 is 0 Å².